The second-order valence-corrected chi connectivity index (χ2v) is 7.77. The SMILES string of the molecule is CCOC(=O)c1ccc(C(=O)Nc2cc(C(C)(C)C)nn2-c2ccccn2)nc1C. The van der Waals surface area contributed by atoms with E-state index in [2.05, 4.69) is 20.4 Å². The number of carbonyl (C=O) groups excluding carboxylic acids is 2. The van der Waals surface area contributed by atoms with Crippen molar-refractivity contribution in [2.24, 2.45) is 0 Å². The van der Waals surface area contributed by atoms with Crippen molar-refractivity contribution in [2.45, 2.75) is 40.0 Å². The van der Waals surface area contributed by atoms with Crippen molar-refractivity contribution in [1.29, 1.82) is 0 Å². The first-order valence-corrected chi connectivity index (χ1v) is 9.68. The summed E-state index contributed by atoms with van der Waals surface area (Å²) in [5.74, 6) is 0.200. The lowest BCUT2D eigenvalue weighted by Gasteiger charge is -2.13. The van der Waals surface area contributed by atoms with E-state index in [1.54, 1.807) is 30.8 Å². The van der Waals surface area contributed by atoms with Crippen LogP contribution in [0.15, 0.2) is 42.6 Å². The number of hydrogen-bond donors (Lipinski definition) is 1. The van der Waals surface area contributed by atoms with Crippen LogP contribution in [0.4, 0.5) is 5.82 Å². The van der Waals surface area contributed by atoms with Crippen LogP contribution in [0, 0.1) is 6.92 Å². The molecular weight excluding hydrogens is 382 g/mol. The number of rotatable bonds is 5. The van der Waals surface area contributed by atoms with Gasteiger partial charge in [0, 0.05) is 17.7 Å². The summed E-state index contributed by atoms with van der Waals surface area (Å²) in [5, 5.41) is 7.49. The Morgan fingerprint density at radius 2 is 1.93 bits per heavy atom. The molecule has 0 radical (unpaired) electrons. The van der Waals surface area contributed by atoms with Gasteiger partial charge in [-0.15, -0.1) is 0 Å². The first-order valence-electron chi connectivity index (χ1n) is 9.68. The van der Waals surface area contributed by atoms with Crippen LogP contribution in [0.1, 0.15) is 59.9 Å². The summed E-state index contributed by atoms with van der Waals surface area (Å²) in [7, 11) is 0. The molecule has 3 heterocycles. The molecule has 0 aliphatic heterocycles. The van der Waals surface area contributed by atoms with Crippen LogP contribution in [0.25, 0.3) is 5.82 Å². The average Bonchev–Trinajstić information content (AvgIpc) is 3.13. The van der Waals surface area contributed by atoms with Gasteiger partial charge in [-0.1, -0.05) is 26.8 Å². The molecule has 0 atom stereocenters. The van der Waals surface area contributed by atoms with Crippen molar-refractivity contribution in [3.8, 4) is 5.82 Å². The number of carbonyl (C=O) groups is 2. The third-order valence-electron chi connectivity index (χ3n) is 4.40. The molecular formula is C22H25N5O3. The van der Waals surface area contributed by atoms with Gasteiger partial charge in [0.2, 0.25) is 0 Å². The van der Waals surface area contributed by atoms with Gasteiger partial charge in [-0.25, -0.2) is 14.8 Å². The van der Waals surface area contributed by atoms with Crippen molar-refractivity contribution < 1.29 is 14.3 Å². The molecule has 0 saturated heterocycles. The molecule has 0 unspecified atom stereocenters. The maximum absolute atomic E-state index is 12.9. The number of aromatic nitrogens is 4. The van der Waals surface area contributed by atoms with Gasteiger partial charge in [0.15, 0.2) is 5.82 Å². The highest BCUT2D eigenvalue weighted by Gasteiger charge is 2.23. The van der Waals surface area contributed by atoms with Gasteiger partial charge >= 0.3 is 5.97 Å². The van der Waals surface area contributed by atoms with E-state index < -0.39 is 11.9 Å². The highest BCUT2D eigenvalue weighted by Crippen LogP contribution is 2.26. The standard InChI is InChI=1S/C22H25N5O3/c1-6-30-21(29)15-10-11-16(24-14(15)2)20(28)25-19-13-17(22(3,4)5)26-27(19)18-9-7-8-12-23-18/h7-13H,6H2,1-5H3,(H,25,28). The fourth-order valence-electron chi connectivity index (χ4n) is 2.78. The van der Waals surface area contributed by atoms with Crippen LogP contribution in [0.3, 0.4) is 0 Å². The summed E-state index contributed by atoms with van der Waals surface area (Å²) in [5.41, 5.74) is 1.55. The Labute approximate surface area is 175 Å². The first kappa shape index (κ1) is 21.2. The fraction of sp³-hybridized carbons (Fsp3) is 0.318. The maximum Gasteiger partial charge on any atom is 0.339 e. The topological polar surface area (TPSA) is 99.0 Å². The van der Waals surface area contributed by atoms with E-state index in [-0.39, 0.29) is 17.7 Å². The van der Waals surface area contributed by atoms with Crippen LogP contribution in [-0.2, 0) is 10.2 Å². The minimum atomic E-state index is -0.461. The lowest BCUT2D eigenvalue weighted by atomic mass is 9.92. The molecule has 0 aliphatic rings. The Bertz CT molecular complexity index is 1070. The monoisotopic (exact) mass is 407 g/mol. The van der Waals surface area contributed by atoms with E-state index in [1.165, 1.54) is 6.07 Å². The zero-order chi connectivity index (χ0) is 21.9. The molecule has 3 aromatic heterocycles. The van der Waals surface area contributed by atoms with Crippen LogP contribution in [-0.4, -0.2) is 38.2 Å². The molecule has 0 fully saturated rings. The van der Waals surface area contributed by atoms with Crippen molar-refractivity contribution in [3.05, 3.63) is 65.2 Å². The normalized spacial score (nSPS) is 11.2. The van der Waals surface area contributed by atoms with E-state index >= 15 is 0 Å². The molecule has 0 saturated carbocycles. The molecule has 3 rings (SSSR count). The van der Waals surface area contributed by atoms with Gasteiger partial charge < -0.3 is 10.1 Å². The number of nitrogens with one attached hydrogen (secondary N) is 1. The molecule has 1 N–H and O–H groups in total. The van der Waals surface area contributed by atoms with Crippen LogP contribution >= 0.6 is 0 Å². The van der Waals surface area contributed by atoms with E-state index in [0.29, 0.717) is 22.9 Å². The number of anilines is 1. The predicted molar refractivity (Wildman–Crippen MR) is 113 cm³/mol. The van der Waals surface area contributed by atoms with Gasteiger partial charge in [0.25, 0.3) is 5.91 Å². The summed E-state index contributed by atoms with van der Waals surface area (Å²) in [6.07, 6.45) is 1.67. The van der Waals surface area contributed by atoms with Gasteiger partial charge in [-0.05, 0) is 38.1 Å². The number of pyridine rings is 2. The minimum Gasteiger partial charge on any atom is -0.462 e. The van der Waals surface area contributed by atoms with Gasteiger partial charge in [-0.2, -0.15) is 9.78 Å². The Hall–Kier alpha value is -3.55. The van der Waals surface area contributed by atoms with Gasteiger partial charge in [0.05, 0.1) is 23.6 Å². The molecule has 156 valence electrons. The number of ether oxygens (including phenoxy) is 1. The van der Waals surface area contributed by atoms with Crippen LogP contribution < -0.4 is 5.32 Å². The summed E-state index contributed by atoms with van der Waals surface area (Å²) in [6.45, 7) is 9.81. The first-order chi connectivity index (χ1) is 14.2. The molecule has 0 bridgehead atoms. The number of amides is 1. The van der Waals surface area contributed by atoms with E-state index in [9.17, 15) is 9.59 Å². The van der Waals surface area contributed by atoms with Gasteiger partial charge in [0.1, 0.15) is 11.5 Å². The largest absolute Gasteiger partial charge is 0.462 e. The summed E-state index contributed by atoms with van der Waals surface area (Å²) < 4.78 is 6.60. The van der Waals surface area contributed by atoms with Crippen molar-refractivity contribution in [3.63, 3.8) is 0 Å². The summed E-state index contributed by atoms with van der Waals surface area (Å²) in [6, 6.07) is 10.4. The van der Waals surface area contributed by atoms with Crippen molar-refractivity contribution >= 4 is 17.7 Å². The molecule has 8 nitrogen and oxygen atoms in total. The second kappa shape index (κ2) is 8.44. The molecule has 0 aliphatic carbocycles. The quantitative estimate of drug-likeness (QED) is 0.648. The Morgan fingerprint density at radius 1 is 1.17 bits per heavy atom. The van der Waals surface area contributed by atoms with Crippen LogP contribution in [0.2, 0.25) is 0 Å². The average molecular weight is 407 g/mol. The number of esters is 1. The molecule has 8 heteroatoms. The Morgan fingerprint density at radius 3 is 2.53 bits per heavy atom. The maximum atomic E-state index is 12.9. The van der Waals surface area contributed by atoms with Crippen molar-refractivity contribution in [2.75, 3.05) is 11.9 Å². The molecule has 0 spiro atoms. The number of aryl methyl sites for hydroxylation is 1. The molecule has 0 aromatic carbocycles. The van der Waals surface area contributed by atoms with E-state index in [1.807, 2.05) is 45.0 Å². The Balaban J connectivity index is 1.92. The lowest BCUT2D eigenvalue weighted by Crippen LogP contribution is -2.18. The smallest absolute Gasteiger partial charge is 0.339 e. The molecule has 30 heavy (non-hydrogen) atoms. The third-order valence-corrected chi connectivity index (χ3v) is 4.40. The van der Waals surface area contributed by atoms with E-state index in [4.69, 9.17) is 4.74 Å². The predicted octanol–water partition coefficient (Wildman–Crippen LogP) is 3.70. The summed E-state index contributed by atoms with van der Waals surface area (Å²) in [4.78, 5) is 33.4. The molecule has 1 amide bonds. The zero-order valence-corrected chi connectivity index (χ0v) is 17.8. The molecule has 3 aromatic rings. The van der Waals surface area contributed by atoms with Crippen LogP contribution in [0.5, 0.6) is 0 Å². The highest BCUT2D eigenvalue weighted by molar-refractivity contribution is 6.03. The zero-order valence-electron chi connectivity index (χ0n) is 17.8. The number of nitrogens with zero attached hydrogens (tertiary/aromatic N) is 4. The van der Waals surface area contributed by atoms with E-state index in [0.717, 1.165) is 5.69 Å². The number of hydrogen-bond acceptors (Lipinski definition) is 6. The van der Waals surface area contributed by atoms with Crippen molar-refractivity contribution in [1.82, 2.24) is 19.7 Å². The Kier molecular flexibility index (Phi) is 5.96. The highest BCUT2D eigenvalue weighted by atomic mass is 16.5. The third kappa shape index (κ3) is 4.53. The minimum absolute atomic E-state index is 0.187. The summed E-state index contributed by atoms with van der Waals surface area (Å²) >= 11 is 0. The lowest BCUT2D eigenvalue weighted by molar-refractivity contribution is 0.0524. The second-order valence-electron chi connectivity index (χ2n) is 7.77. The van der Waals surface area contributed by atoms with Gasteiger partial charge in [-0.3, -0.25) is 4.79 Å². The fourth-order valence-corrected chi connectivity index (χ4v) is 2.78.